The van der Waals surface area contributed by atoms with Gasteiger partial charge in [-0.15, -0.1) is 0 Å². The van der Waals surface area contributed by atoms with Crippen molar-refractivity contribution >= 4 is 21.6 Å². The van der Waals surface area contributed by atoms with Gasteiger partial charge in [0.15, 0.2) is 11.5 Å². The molecule has 190 valence electrons. The van der Waals surface area contributed by atoms with Gasteiger partial charge in [0.25, 0.3) is 10.0 Å². The van der Waals surface area contributed by atoms with Crippen LogP contribution in [-0.2, 0) is 27.5 Å². The molecule has 1 aliphatic rings. The van der Waals surface area contributed by atoms with Gasteiger partial charge in [0, 0.05) is 12.6 Å². The monoisotopic (exact) mass is 524 g/mol. The predicted molar refractivity (Wildman–Crippen MR) is 122 cm³/mol. The minimum Gasteiger partial charge on any atom is -0.486 e. The van der Waals surface area contributed by atoms with Crippen molar-refractivity contribution in [2.45, 2.75) is 17.6 Å². The van der Waals surface area contributed by atoms with Crippen LogP contribution in [0.2, 0.25) is 0 Å². The van der Waals surface area contributed by atoms with E-state index in [4.69, 9.17) is 9.47 Å². The third kappa shape index (κ3) is 5.70. The molecule has 0 fully saturated rings. The van der Waals surface area contributed by atoms with E-state index in [9.17, 15) is 30.8 Å². The molecule has 3 aromatic carbocycles. The minimum atomic E-state index is -4.54. The summed E-state index contributed by atoms with van der Waals surface area (Å²) in [6.45, 7) is -0.422. The number of alkyl halides is 3. The zero-order valence-corrected chi connectivity index (χ0v) is 19.4. The second-order valence-corrected chi connectivity index (χ2v) is 9.63. The van der Waals surface area contributed by atoms with Gasteiger partial charge in [-0.05, 0) is 54.1 Å². The quantitative estimate of drug-likeness (QED) is 0.470. The number of anilines is 1. The minimum absolute atomic E-state index is 0.0144. The van der Waals surface area contributed by atoms with Crippen LogP contribution in [0.4, 0.5) is 23.2 Å². The van der Waals surface area contributed by atoms with Crippen LogP contribution in [0, 0.1) is 5.82 Å². The van der Waals surface area contributed by atoms with E-state index in [-0.39, 0.29) is 35.0 Å². The van der Waals surface area contributed by atoms with Gasteiger partial charge in [-0.3, -0.25) is 9.10 Å². The SMILES string of the molecule is O=C(CN(c1ccc(F)cc1)S(=O)(=O)c1ccc2c(c1)OCCO2)NCc1cccc(C(F)(F)F)c1. The highest BCUT2D eigenvalue weighted by Crippen LogP contribution is 2.34. The van der Waals surface area contributed by atoms with Crippen molar-refractivity contribution in [1.82, 2.24) is 5.32 Å². The van der Waals surface area contributed by atoms with Crippen molar-refractivity contribution in [3.63, 3.8) is 0 Å². The highest BCUT2D eigenvalue weighted by Gasteiger charge is 2.31. The van der Waals surface area contributed by atoms with Crippen molar-refractivity contribution in [3.8, 4) is 11.5 Å². The second kappa shape index (κ2) is 10.1. The summed E-state index contributed by atoms with van der Waals surface area (Å²) >= 11 is 0. The van der Waals surface area contributed by atoms with Gasteiger partial charge in [0.05, 0.1) is 16.1 Å². The molecule has 0 bridgehead atoms. The van der Waals surface area contributed by atoms with Gasteiger partial charge in [-0.25, -0.2) is 12.8 Å². The van der Waals surface area contributed by atoms with E-state index in [0.29, 0.717) is 12.4 Å². The largest absolute Gasteiger partial charge is 0.486 e. The highest BCUT2D eigenvalue weighted by molar-refractivity contribution is 7.92. The topological polar surface area (TPSA) is 84.9 Å². The fourth-order valence-corrected chi connectivity index (χ4v) is 4.92. The summed E-state index contributed by atoms with van der Waals surface area (Å²) in [5.41, 5.74) is -0.676. The van der Waals surface area contributed by atoms with Crippen LogP contribution in [0.25, 0.3) is 0 Å². The number of ether oxygens (including phenoxy) is 2. The van der Waals surface area contributed by atoms with Gasteiger partial charge in [0.2, 0.25) is 5.91 Å². The number of amides is 1. The van der Waals surface area contributed by atoms with Crippen molar-refractivity contribution in [2.24, 2.45) is 0 Å². The molecule has 1 aliphatic heterocycles. The first-order chi connectivity index (χ1) is 17.0. The molecule has 36 heavy (non-hydrogen) atoms. The first-order valence-electron chi connectivity index (χ1n) is 10.6. The van der Waals surface area contributed by atoms with Crippen LogP contribution in [0.3, 0.4) is 0 Å². The molecule has 0 saturated heterocycles. The lowest BCUT2D eigenvalue weighted by molar-refractivity contribution is -0.137. The third-order valence-electron chi connectivity index (χ3n) is 5.25. The Labute approximate surface area is 204 Å². The summed E-state index contributed by atoms with van der Waals surface area (Å²) in [6.07, 6.45) is -4.54. The molecule has 0 aromatic heterocycles. The summed E-state index contributed by atoms with van der Waals surface area (Å²) in [6, 6.07) is 12.9. The normalized spacial score (nSPS) is 13.2. The van der Waals surface area contributed by atoms with Crippen LogP contribution in [-0.4, -0.2) is 34.1 Å². The van der Waals surface area contributed by atoms with Gasteiger partial charge in [0.1, 0.15) is 25.6 Å². The lowest BCUT2D eigenvalue weighted by Crippen LogP contribution is -2.40. The van der Waals surface area contributed by atoms with E-state index in [1.807, 2.05) is 0 Å². The second-order valence-electron chi connectivity index (χ2n) is 7.77. The number of carbonyl (C=O) groups is 1. The molecule has 3 aromatic rings. The van der Waals surface area contributed by atoms with Gasteiger partial charge >= 0.3 is 6.18 Å². The van der Waals surface area contributed by atoms with Crippen molar-refractivity contribution < 1.29 is 40.2 Å². The number of rotatable bonds is 7. The Kier molecular flexibility index (Phi) is 7.07. The summed E-state index contributed by atoms with van der Waals surface area (Å²) < 4.78 is 91.0. The van der Waals surface area contributed by atoms with Gasteiger partial charge < -0.3 is 14.8 Å². The molecule has 0 unspecified atom stereocenters. The van der Waals surface area contributed by atoms with Gasteiger partial charge in [-0.2, -0.15) is 13.2 Å². The standard InChI is InChI=1S/C24H20F4N2O5S/c25-18-4-6-19(7-5-18)30(36(32,33)20-8-9-21-22(13-20)35-11-10-34-21)15-23(31)29-14-16-2-1-3-17(12-16)24(26,27)28/h1-9,12-13H,10-11,14-15H2,(H,29,31). The smallest absolute Gasteiger partial charge is 0.416 e. The van der Waals surface area contributed by atoms with E-state index >= 15 is 0 Å². The van der Waals surface area contributed by atoms with Gasteiger partial charge in [-0.1, -0.05) is 12.1 Å². The van der Waals surface area contributed by atoms with E-state index < -0.39 is 40.0 Å². The van der Waals surface area contributed by atoms with Crippen molar-refractivity contribution in [3.05, 3.63) is 83.7 Å². The Balaban J connectivity index is 1.57. The molecule has 0 spiro atoms. The summed E-state index contributed by atoms with van der Waals surface area (Å²) in [4.78, 5) is 12.5. The Morgan fingerprint density at radius 1 is 0.944 bits per heavy atom. The van der Waals surface area contributed by atoms with Crippen molar-refractivity contribution in [2.75, 3.05) is 24.1 Å². The third-order valence-corrected chi connectivity index (χ3v) is 7.02. The average Bonchev–Trinajstić information content (AvgIpc) is 2.86. The highest BCUT2D eigenvalue weighted by atomic mass is 32.2. The van der Waals surface area contributed by atoms with Crippen LogP contribution in [0.15, 0.2) is 71.6 Å². The number of fused-ring (bicyclic) bond motifs is 1. The van der Waals surface area contributed by atoms with Crippen LogP contribution in [0.5, 0.6) is 11.5 Å². The molecule has 0 radical (unpaired) electrons. The number of nitrogens with one attached hydrogen (secondary N) is 1. The van der Waals surface area contributed by atoms with Crippen molar-refractivity contribution in [1.29, 1.82) is 0 Å². The number of carbonyl (C=O) groups excluding carboxylic acids is 1. The molecule has 0 atom stereocenters. The van der Waals surface area contributed by atoms with E-state index in [2.05, 4.69) is 5.32 Å². The zero-order chi connectivity index (χ0) is 25.9. The zero-order valence-electron chi connectivity index (χ0n) is 18.6. The Morgan fingerprint density at radius 3 is 2.33 bits per heavy atom. The fraction of sp³-hybridized carbons (Fsp3) is 0.208. The Morgan fingerprint density at radius 2 is 1.64 bits per heavy atom. The molecule has 1 N–H and O–H groups in total. The molecular formula is C24H20F4N2O5S. The average molecular weight is 524 g/mol. The maximum Gasteiger partial charge on any atom is 0.416 e. The lowest BCUT2D eigenvalue weighted by atomic mass is 10.1. The maximum atomic E-state index is 13.5. The summed E-state index contributed by atoms with van der Waals surface area (Å²) in [5.74, 6) is -0.801. The number of benzene rings is 3. The molecule has 1 amide bonds. The van der Waals surface area contributed by atoms with E-state index in [1.165, 1.54) is 42.5 Å². The van der Waals surface area contributed by atoms with E-state index in [0.717, 1.165) is 28.6 Å². The molecule has 12 heteroatoms. The number of nitrogens with zero attached hydrogens (tertiary/aromatic N) is 1. The Hall–Kier alpha value is -3.80. The number of halogens is 4. The van der Waals surface area contributed by atoms with Crippen LogP contribution < -0.4 is 19.1 Å². The molecule has 4 rings (SSSR count). The molecule has 0 aliphatic carbocycles. The first-order valence-corrected chi connectivity index (χ1v) is 12.1. The predicted octanol–water partition coefficient (Wildman–Crippen LogP) is 4.13. The number of hydrogen-bond donors (Lipinski definition) is 1. The number of sulfonamides is 1. The molecular weight excluding hydrogens is 504 g/mol. The molecule has 0 saturated carbocycles. The van der Waals surface area contributed by atoms with Crippen LogP contribution in [0.1, 0.15) is 11.1 Å². The lowest BCUT2D eigenvalue weighted by Gasteiger charge is -2.25. The number of hydrogen-bond acceptors (Lipinski definition) is 5. The first kappa shape index (κ1) is 25.3. The molecule has 7 nitrogen and oxygen atoms in total. The van der Waals surface area contributed by atoms with E-state index in [1.54, 1.807) is 0 Å². The summed E-state index contributed by atoms with van der Waals surface area (Å²) in [5, 5.41) is 2.43. The van der Waals surface area contributed by atoms with Crippen LogP contribution >= 0.6 is 0 Å². The summed E-state index contributed by atoms with van der Waals surface area (Å²) in [7, 11) is -4.34. The fourth-order valence-electron chi connectivity index (χ4n) is 3.48. The Bertz CT molecular complexity index is 1360. The maximum absolute atomic E-state index is 13.5. The molecule has 1 heterocycles.